The van der Waals surface area contributed by atoms with Gasteiger partial charge in [0.2, 0.25) is 5.91 Å². The Morgan fingerprint density at radius 3 is 2.68 bits per heavy atom. The highest BCUT2D eigenvalue weighted by atomic mass is 16.2. The Hall–Kier alpha value is -1.36. The maximum atomic E-state index is 12.4. The molecule has 0 spiro atoms. The minimum atomic E-state index is -0.334. The highest BCUT2D eigenvalue weighted by Crippen LogP contribution is 2.34. The molecule has 1 heterocycles. The summed E-state index contributed by atoms with van der Waals surface area (Å²) in [4.78, 5) is 19.6. The Balaban J connectivity index is 1.85. The number of hydrogen-bond acceptors (Lipinski definition) is 3. The number of imidazole rings is 1. The summed E-state index contributed by atoms with van der Waals surface area (Å²) in [5.41, 5.74) is 5.56. The number of carbonyl (C=O) groups is 1. The van der Waals surface area contributed by atoms with Crippen molar-refractivity contribution in [3.8, 4) is 0 Å². The number of aromatic amines is 1. The van der Waals surface area contributed by atoms with Crippen molar-refractivity contribution >= 4 is 5.91 Å². The molecule has 19 heavy (non-hydrogen) atoms. The fraction of sp³-hybridized carbons (Fsp3) is 0.714. The first kappa shape index (κ1) is 14.1. The van der Waals surface area contributed by atoms with Crippen LogP contribution in [0.25, 0.3) is 0 Å². The number of H-pyrrole nitrogens is 1. The summed E-state index contributed by atoms with van der Waals surface area (Å²) in [5, 5.41) is 3.03. The van der Waals surface area contributed by atoms with Crippen molar-refractivity contribution in [3.05, 3.63) is 18.2 Å². The van der Waals surface area contributed by atoms with E-state index in [0.29, 0.717) is 13.1 Å². The van der Waals surface area contributed by atoms with E-state index in [1.54, 1.807) is 12.4 Å². The van der Waals surface area contributed by atoms with Crippen molar-refractivity contribution in [3.63, 3.8) is 0 Å². The maximum absolute atomic E-state index is 12.4. The normalized spacial score (nSPS) is 18.8. The summed E-state index contributed by atoms with van der Waals surface area (Å²) in [6.45, 7) is 1.08. The minimum absolute atomic E-state index is 0.128. The van der Waals surface area contributed by atoms with Gasteiger partial charge >= 0.3 is 0 Å². The Morgan fingerprint density at radius 1 is 1.37 bits per heavy atom. The number of nitrogens with one attached hydrogen (secondary N) is 2. The summed E-state index contributed by atoms with van der Waals surface area (Å²) >= 11 is 0. The smallest absolute Gasteiger partial charge is 0.227 e. The van der Waals surface area contributed by atoms with Gasteiger partial charge in [0, 0.05) is 31.9 Å². The molecule has 1 fully saturated rings. The molecule has 1 amide bonds. The van der Waals surface area contributed by atoms with Crippen molar-refractivity contribution in [1.82, 2.24) is 15.3 Å². The van der Waals surface area contributed by atoms with Gasteiger partial charge in [0.05, 0.1) is 5.41 Å². The maximum Gasteiger partial charge on any atom is 0.227 e. The van der Waals surface area contributed by atoms with Crippen LogP contribution in [-0.2, 0) is 11.2 Å². The summed E-state index contributed by atoms with van der Waals surface area (Å²) in [6, 6.07) is 0. The number of aromatic nitrogens is 2. The van der Waals surface area contributed by atoms with Crippen LogP contribution in [0.2, 0.25) is 0 Å². The molecule has 106 valence electrons. The van der Waals surface area contributed by atoms with Crippen LogP contribution >= 0.6 is 0 Å². The highest BCUT2D eigenvalue weighted by Gasteiger charge is 2.36. The zero-order chi connectivity index (χ0) is 13.6. The third-order valence-corrected chi connectivity index (χ3v) is 4.14. The molecule has 1 aromatic heterocycles. The van der Waals surface area contributed by atoms with E-state index < -0.39 is 0 Å². The van der Waals surface area contributed by atoms with E-state index in [-0.39, 0.29) is 11.3 Å². The van der Waals surface area contributed by atoms with Crippen LogP contribution in [-0.4, -0.2) is 29.0 Å². The van der Waals surface area contributed by atoms with E-state index >= 15 is 0 Å². The molecule has 4 N–H and O–H groups in total. The van der Waals surface area contributed by atoms with Gasteiger partial charge in [0.1, 0.15) is 5.82 Å². The molecule has 0 bridgehead atoms. The molecule has 1 aliphatic rings. The highest BCUT2D eigenvalue weighted by molar-refractivity contribution is 5.82. The zero-order valence-corrected chi connectivity index (χ0v) is 11.5. The summed E-state index contributed by atoms with van der Waals surface area (Å²) < 4.78 is 0. The average molecular weight is 264 g/mol. The van der Waals surface area contributed by atoms with Gasteiger partial charge in [-0.2, -0.15) is 0 Å². The quantitative estimate of drug-likeness (QED) is 0.702. The molecule has 0 saturated heterocycles. The van der Waals surface area contributed by atoms with Crippen molar-refractivity contribution in [2.75, 3.05) is 13.1 Å². The standard InChI is InChI=1S/C14H24N4O/c15-11-14(6-3-1-2-4-7-14)13(19)18-8-5-12-16-9-10-17-12/h9-10H,1-8,11,15H2,(H,16,17)(H,18,19). The van der Waals surface area contributed by atoms with Crippen molar-refractivity contribution in [2.45, 2.75) is 44.9 Å². The van der Waals surface area contributed by atoms with E-state index in [2.05, 4.69) is 15.3 Å². The van der Waals surface area contributed by atoms with Crippen LogP contribution in [0.15, 0.2) is 12.4 Å². The topological polar surface area (TPSA) is 83.8 Å². The number of carbonyl (C=O) groups excluding carboxylic acids is 1. The predicted molar refractivity (Wildman–Crippen MR) is 74.5 cm³/mol. The van der Waals surface area contributed by atoms with Crippen molar-refractivity contribution in [1.29, 1.82) is 0 Å². The van der Waals surface area contributed by atoms with Crippen LogP contribution in [0.5, 0.6) is 0 Å². The lowest BCUT2D eigenvalue weighted by Crippen LogP contribution is -2.46. The van der Waals surface area contributed by atoms with Gasteiger partial charge in [0.15, 0.2) is 0 Å². The molecule has 0 aromatic carbocycles. The Kier molecular flexibility index (Phi) is 4.96. The summed E-state index contributed by atoms with van der Waals surface area (Å²) in [7, 11) is 0. The van der Waals surface area contributed by atoms with Gasteiger partial charge in [0.25, 0.3) is 0 Å². The minimum Gasteiger partial charge on any atom is -0.355 e. The van der Waals surface area contributed by atoms with E-state index in [4.69, 9.17) is 5.73 Å². The number of nitrogens with two attached hydrogens (primary N) is 1. The number of rotatable bonds is 5. The Bertz CT molecular complexity index is 380. The summed E-state index contributed by atoms with van der Waals surface area (Å²) in [5.74, 6) is 1.03. The first-order valence-corrected chi connectivity index (χ1v) is 7.23. The van der Waals surface area contributed by atoms with Gasteiger partial charge < -0.3 is 16.0 Å². The van der Waals surface area contributed by atoms with E-state index in [1.807, 2.05) is 0 Å². The monoisotopic (exact) mass is 264 g/mol. The van der Waals surface area contributed by atoms with E-state index in [0.717, 1.165) is 37.9 Å². The molecule has 0 unspecified atom stereocenters. The fourth-order valence-corrected chi connectivity index (χ4v) is 2.85. The van der Waals surface area contributed by atoms with E-state index in [1.165, 1.54) is 12.8 Å². The SMILES string of the molecule is NCC1(C(=O)NCCc2ncc[nH]2)CCCCCC1. The molecule has 0 aliphatic heterocycles. The average Bonchev–Trinajstić information content (AvgIpc) is 2.82. The van der Waals surface area contributed by atoms with Gasteiger partial charge in [-0.3, -0.25) is 4.79 Å². The molecule has 0 radical (unpaired) electrons. The molecular formula is C14H24N4O. The zero-order valence-electron chi connectivity index (χ0n) is 11.5. The van der Waals surface area contributed by atoms with Crippen molar-refractivity contribution < 1.29 is 4.79 Å². The third kappa shape index (κ3) is 3.56. The number of amides is 1. The van der Waals surface area contributed by atoms with Crippen LogP contribution in [0, 0.1) is 5.41 Å². The van der Waals surface area contributed by atoms with Crippen molar-refractivity contribution in [2.24, 2.45) is 11.1 Å². The fourth-order valence-electron chi connectivity index (χ4n) is 2.85. The molecule has 0 atom stereocenters. The van der Waals surface area contributed by atoms with Gasteiger partial charge in [-0.15, -0.1) is 0 Å². The number of hydrogen-bond donors (Lipinski definition) is 3. The Morgan fingerprint density at radius 2 is 2.11 bits per heavy atom. The first-order chi connectivity index (χ1) is 9.27. The van der Waals surface area contributed by atoms with Gasteiger partial charge in [-0.05, 0) is 12.8 Å². The molecule has 5 heteroatoms. The van der Waals surface area contributed by atoms with E-state index in [9.17, 15) is 4.79 Å². The molecule has 1 aromatic rings. The van der Waals surface area contributed by atoms with Crippen LogP contribution in [0.1, 0.15) is 44.3 Å². The first-order valence-electron chi connectivity index (χ1n) is 7.23. The number of nitrogens with zero attached hydrogens (tertiary/aromatic N) is 1. The predicted octanol–water partition coefficient (Wildman–Crippen LogP) is 1.37. The molecule has 1 saturated carbocycles. The lowest BCUT2D eigenvalue weighted by Gasteiger charge is -2.29. The van der Waals surface area contributed by atoms with Crippen LogP contribution in [0.4, 0.5) is 0 Å². The van der Waals surface area contributed by atoms with Gasteiger partial charge in [-0.25, -0.2) is 4.98 Å². The molecule has 5 nitrogen and oxygen atoms in total. The second-order valence-corrected chi connectivity index (χ2v) is 5.44. The molecular weight excluding hydrogens is 240 g/mol. The molecule has 2 rings (SSSR count). The lowest BCUT2D eigenvalue weighted by molar-refractivity contribution is -0.131. The largest absolute Gasteiger partial charge is 0.355 e. The second kappa shape index (κ2) is 6.70. The van der Waals surface area contributed by atoms with Crippen LogP contribution < -0.4 is 11.1 Å². The third-order valence-electron chi connectivity index (χ3n) is 4.14. The Labute approximate surface area is 114 Å². The molecule has 1 aliphatic carbocycles. The van der Waals surface area contributed by atoms with Crippen LogP contribution in [0.3, 0.4) is 0 Å². The van der Waals surface area contributed by atoms with Gasteiger partial charge in [-0.1, -0.05) is 25.7 Å². The lowest BCUT2D eigenvalue weighted by atomic mass is 9.79. The summed E-state index contributed by atoms with van der Waals surface area (Å²) in [6.07, 6.45) is 10.8. The second-order valence-electron chi connectivity index (χ2n) is 5.44.